The zero-order valence-corrected chi connectivity index (χ0v) is 24.3. The number of amides is 1. The molecule has 1 aliphatic rings. The SMILES string of the molecule is COc1cc2nccc(Oc3ccc(N(C(=O)c4c(NC5CCOCC5)cc[nH]c4=O)c4ccccc4)nc3)c2cc1OC. The number of hydrogen-bond acceptors (Lipinski definition) is 9. The Morgan fingerprint density at radius 1 is 0.955 bits per heavy atom. The van der Waals surface area contributed by atoms with Gasteiger partial charge in [-0.3, -0.25) is 19.5 Å². The number of anilines is 3. The number of ether oxygens (including phenoxy) is 4. The summed E-state index contributed by atoms with van der Waals surface area (Å²) in [4.78, 5) is 40.4. The number of carbonyl (C=O) groups is 1. The lowest BCUT2D eigenvalue weighted by molar-refractivity contribution is 0.0904. The minimum atomic E-state index is -0.519. The molecule has 44 heavy (non-hydrogen) atoms. The van der Waals surface area contributed by atoms with Gasteiger partial charge in [-0.05, 0) is 55.3 Å². The zero-order chi connectivity index (χ0) is 30.5. The number of H-pyrrole nitrogens is 1. The summed E-state index contributed by atoms with van der Waals surface area (Å²) in [6.45, 7) is 1.24. The maximum atomic E-state index is 14.2. The lowest BCUT2D eigenvalue weighted by Crippen LogP contribution is -2.35. The molecular formula is C33H31N5O6. The van der Waals surface area contributed by atoms with Crippen LogP contribution in [0.5, 0.6) is 23.0 Å². The van der Waals surface area contributed by atoms with Gasteiger partial charge in [0.15, 0.2) is 11.5 Å². The maximum absolute atomic E-state index is 14.2. The molecule has 4 heterocycles. The Morgan fingerprint density at radius 2 is 1.73 bits per heavy atom. The van der Waals surface area contributed by atoms with Crippen molar-refractivity contribution in [2.24, 2.45) is 0 Å². The second-order valence-electron chi connectivity index (χ2n) is 10.1. The number of nitrogens with zero attached hydrogens (tertiary/aromatic N) is 3. The van der Waals surface area contributed by atoms with Crippen molar-refractivity contribution in [3.05, 3.63) is 101 Å². The lowest BCUT2D eigenvalue weighted by Gasteiger charge is -2.26. The van der Waals surface area contributed by atoms with E-state index in [-0.39, 0.29) is 11.6 Å². The molecule has 224 valence electrons. The van der Waals surface area contributed by atoms with Crippen LogP contribution in [0.1, 0.15) is 23.2 Å². The largest absolute Gasteiger partial charge is 0.493 e. The first-order chi connectivity index (χ1) is 21.6. The number of hydrogen-bond donors (Lipinski definition) is 2. The number of nitrogens with one attached hydrogen (secondary N) is 2. The number of rotatable bonds is 9. The number of aromatic amines is 1. The predicted molar refractivity (Wildman–Crippen MR) is 167 cm³/mol. The van der Waals surface area contributed by atoms with Crippen LogP contribution >= 0.6 is 0 Å². The Morgan fingerprint density at radius 3 is 2.45 bits per heavy atom. The number of aromatic nitrogens is 3. The molecule has 1 amide bonds. The average Bonchev–Trinajstić information content (AvgIpc) is 3.06. The summed E-state index contributed by atoms with van der Waals surface area (Å²) in [5, 5.41) is 4.11. The number of para-hydroxylation sites is 1. The zero-order valence-electron chi connectivity index (χ0n) is 24.3. The van der Waals surface area contributed by atoms with Crippen LogP contribution in [0.4, 0.5) is 17.2 Å². The van der Waals surface area contributed by atoms with Gasteiger partial charge in [0, 0.05) is 43.1 Å². The van der Waals surface area contributed by atoms with Crippen LogP contribution in [0.15, 0.2) is 90.1 Å². The van der Waals surface area contributed by atoms with Crippen molar-refractivity contribution >= 4 is 34.0 Å². The molecule has 5 aromatic rings. The van der Waals surface area contributed by atoms with E-state index in [0.717, 1.165) is 18.2 Å². The van der Waals surface area contributed by atoms with Crippen LogP contribution in [0.25, 0.3) is 10.9 Å². The van der Waals surface area contributed by atoms with Crippen molar-refractivity contribution in [3.8, 4) is 23.0 Å². The van der Waals surface area contributed by atoms with E-state index in [9.17, 15) is 9.59 Å². The van der Waals surface area contributed by atoms with Gasteiger partial charge in [0.2, 0.25) is 0 Å². The smallest absolute Gasteiger partial charge is 0.271 e. The molecule has 6 rings (SSSR count). The van der Waals surface area contributed by atoms with Gasteiger partial charge >= 0.3 is 0 Å². The molecule has 0 bridgehead atoms. The van der Waals surface area contributed by atoms with Crippen molar-refractivity contribution in [3.63, 3.8) is 0 Å². The van der Waals surface area contributed by atoms with E-state index in [2.05, 4.69) is 20.3 Å². The third-order valence-corrected chi connectivity index (χ3v) is 7.36. The second kappa shape index (κ2) is 12.8. The minimum Gasteiger partial charge on any atom is -0.493 e. The van der Waals surface area contributed by atoms with Gasteiger partial charge in [-0.15, -0.1) is 0 Å². The average molecular weight is 594 g/mol. The van der Waals surface area contributed by atoms with Gasteiger partial charge < -0.3 is 29.2 Å². The summed E-state index contributed by atoms with van der Waals surface area (Å²) in [6, 6.07) is 19.6. The van der Waals surface area contributed by atoms with Gasteiger partial charge in [-0.1, -0.05) is 18.2 Å². The van der Waals surface area contributed by atoms with Crippen LogP contribution in [-0.4, -0.2) is 54.3 Å². The Kier molecular flexibility index (Phi) is 8.37. The highest BCUT2D eigenvalue weighted by molar-refractivity contribution is 6.13. The first-order valence-electron chi connectivity index (χ1n) is 14.2. The van der Waals surface area contributed by atoms with Crippen molar-refractivity contribution in [2.45, 2.75) is 18.9 Å². The highest BCUT2D eigenvalue weighted by atomic mass is 16.5. The summed E-state index contributed by atoms with van der Waals surface area (Å²) in [7, 11) is 3.13. The molecule has 0 saturated carbocycles. The topological polar surface area (TPSA) is 128 Å². The number of carbonyl (C=O) groups excluding carboxylic acids is 1. The van der Waals surface area contributed by atoms with Crippen LogP contribution in [-0.2, 0) is 4.74 Å². The van der Waals surface area contributed by atoms with E-state index < -0.39 is 11.5 Å². The summed E-state index contributed by atoms with van der Waals surface area (Å²) < 4.78 is 22.5. The first-order valence-corrected chi connectivity index (χ1v) is 14.2. The van der Waals surface area contributed by atoms with Gasteiger partial charge in [-0.25, -0.2) is 4.98 Å². The summed E-state index contributed by atoms with van der Waals surface area (Å²) in [5.41, 5.74) is 1.19. The van der Waals surface area contributed by atoms with E-state index in [1.54, 1.807) is 68.9 Å². The van der Waals surface area contributed by atoms with E-state index in [0.29, 0.717) is 58.9 Å². The molecule has 11 nitrogen and oxygen atoms in total. The fourth-order valence-electron chi connectivity index (χ4n) is 5.14. The third-order valence-electron chi connectivity index (χ3n) is 7.36. The Hall–Kier alpha value is -5.42. The molecule has 0 unspecified atom stereocenters. The van der Waals surface area contributed by atoms with Crippen LogP contribution in [0, 0.1) is 0 Å². The molecule has 0 atom stereocenters. The molecule has 3 aromatic heterocycles. The highest BCUT2D eigenvalue weighted by Crippen LogP contribution is 2.37. The van der Waals surface area contributed by atoms with Crippen molar-refractivity contribution in [2.75, 3.05) is 37.7 Å². The lowest BCUT2D eigenvalue weighted by atomic mass is 10.1. The van der Waals surface area contributed by atoms with Gasteiger partial charge in [0.1, 0.15) is 22.9 Å². The number of fused-ring (bicyclic) bond motifs is 1. The molecule has 1 saturated heterocycles. The van der Waals surface area contributed by atoms with Crippen molar-refractivity contribution in [1.82, 2.24) is 15.0 Å². The second-order valence-corrected chi connectivity index (χ2v) is 10.1. The third kappa shape index (κ3) is 5.90. The normalized spacial score (nSPS) is 13.3. The van der Waals surface area contributed by atoms with Crippen molar-refractivity contribution < 1.29 is 23.7 Å². The van der Waals surface area contributed by atoms with Crippen molar-refractivity contribution in [1.29, 1.82) is 0 Å². The Bertz CT molecular complexity index is 1820. The minimum absolute atomic E-state index is 0.00222. The van der Waals surface area contributed by atoms with Crippen LogP contribution in [0.3, 0.4) is 0 Å². The molecule has 0 spiro atoms. The van der Waals surface area contributed by atoms with Crippen LogP contribution in [0.2, 0.25) is 0 Å². The van der Waals surface area contributed by atoms with Gasteiger partial charge in [0.05, 0.1) is 37.3 Å². The highest BCUT2D eigenvalue weighted by Gasteiger charge is 2.27. The van der Waals surface area contributed by atoms with E-state index in [1.807, 2.05) is 18.2 Å². The molecule has 11 heteroatoms. The summed E-state index contributed by atoms with van der Waals surface area (Å²) >= 11 is 0. The summed E-state index contributed by atoms with van der Waals surface area (Å²) in [5.74, 6) is 1.89. The Labute approximate surface area is 253 Å². The van der Waals surface area contributed by atoms with Crippen LogP contribution < -0.4 is 30.0 Å². The fraction of sp³-hybridized carbons (Fsp3) is 0.212. The molecule has 2 aromatic carbocycles. The molecular weight excluding hydrogens is 562 g/mol. The molecule has 0 radical (unpaired) electrons. The van der Waals surface area contributed by atoms with Gasteiger partial charge in [-0.2, -0.15) is 0 Å². The van der Waals surface area contributed by atoms with Gasteiger partial charge in [0.25, 0.3) is 11.5 Å². The maximum Gasteiger partial charge on any atom is 0.271 e. The van der Waals surface area contributed by atoms with E-state index in [1.165, 1.54) is 17.3 Å². The molecule has 0 aliphatic carbocycles. The number of pyridine rings is 3. The number of methoxy groups -OCH3 is 2. The molecule has 1 fully saturated rings. The Balaban J connectivity index is 1.33. The molecule has 1 aliphatic heterocycles. The monoisotopic (exact) mass is 593 g/mol. The fourth-order valence-corrected chi connectivity index (χ4v) is 5.14. The molecule has 2 N–H and O–H groups in total. The standard InChI is InChI=1S/C33H31N5O6/c1-41-28-18-24-26(19-29(28)42-2)34-15-11-27(24)44-23-8-9-30(36-20-23)38(22-6-4-3-5-7-22)33(40)31-25(10-14-35-32(31)39)37-21-12-16-43-17-13-21/h3-11,14-15,18-21H,12-13,16-17H2,1-2H3,(H2,35,37,39). The van der Waals surface area contributed by atoms with E-state index >= 15 is 0 Å². The van der Waals surface area contributed by atoms with E-state index in [4.69, 9.17) is 18.9 Å². The first kappa shape index (κ1) is 28.7. The summed E-state index contributed by atoms with van der Waals surface area (Å²) in [6.07, 6.45) is 6.26. The quantitative estimate of drug-likeness (QED) is 0.221. The number of benzene rings is 2. The predicted octanol–water partition coefficient (Wildman–Crippen LogP) is 5.70.